The average Bonchev–Trinajstić information content (AvgIpc) is 3.27. The fourth-order valence-electron chi connectivity index (χ4n) is 8.34. The molecule has 0 radical (unpaired) electrons. The van der Waals surface area contributed by atoms with Gasteiger partial charge in [-0.2, -0.15) is 0 Å². The Hall–Kier alpha value is -0.370. The highest BCUT2D eigenvalue weighted by Crippen LogP contribution is 2.72. The van der Waals surface area contributed by atoms with E-state index in [-0.39, 0.29) is 0 Å². The Kier molecular flexibility index (Phi) is 3.00. The molecule has 5 fully saturated rings. The molecule has 128 valence electrons. The minimum absolute atomic E-state index is 0.423. The molecule has 0 aromatic heterocycles. The molecule has 0 aromatic carbocycles. The van der Waals surface area contributed by atoms with E-state index in [0.29, 0.717) is 34.6 Å². The number of ketones is 1. The van der Waals surface area contributed by atoms with Gasteiger partial charge in [-0.3, -0.25) is 4.79 Å². The minimum Gasteiger partial charge on any atom is -0.381 e. The van der Waals surface area contributed by atoms with Gasteiger partial charge in [0.2, 0.25) is 0 Å². The molecule has 0 aliphatic heterocycles. The fraction of sp³-hybridized carbons (Fsp3) is 0.952. The van der Waals surface area contributed by atoms with E-state index < -0.39 is 0 Å². The molecule has 5 rings (SSSR count). The van der Waals surface area contributed by atoms with E-state index in [1.54, 1.807) is 0 Å². The molecule has 0 amide bonds. The summed E-state index contributed by atoms with van der Waals surface area (Å²) in [5.41, 5.74) is 0.903. The molecule has 5 saturated carbocycles. The second-order valence-corrected chi connectivity index (χ2v) is 9.98. The van der Waals surface area contributed by atoms with Crippen molar-refractivity contribution < 1.29 is 9.53 Å². The summed E-state index contributed by atoms with van der Waals surface area (Å²) in [5, 5.41) is 0. The van der Waals surface area contributed by atoms with Gasteiger partial charge in [-0.15, -0.1) is 0 Å². The molecule has 23 heavy (non-hydrogen) atoms. The Morgan fingerprint density at radius 1 is 1.00 bits per heavy atom. The zero-order valence-electron chi connectivity index (χ0n) is 15.0. The van der Waals surface area contributed by atoms with Crippen LogP contribution in [0.2, 0.25) is 0 Å². The van der Waals surface area contributed by atoms with Crippen LogP contribution in [0.1, 0.15) is 65.2 Å². The molecular weight excluding hydrogens is 284 g/mol. The summed E-state index contributed by atoms with van der Waals surface area (Å²) in [6.45, 7) is 5.12. The Morgan fingerprint density at radius 2 is 1.83 bits per heavy atom. The van der Waals surface area contributed by atoms with Gasteiger partial charge in [-0.1, -0.05) is 13.8 Å². The Bertz CT molecular complexity index is 542. The summed E-state index contributed by atoms with van der Waals surface area (Å²) < 4.78 is 5.89. The summed E-state index contributed by atoms with van der Waals surface area (Å²) in [6, 6.07) is 0. The van der Waals surface area contributed by atoms with Crippen LogP contribution in [0.15, 0.2) is 0 Å². The van der Waals surface area contributed by atoms with Crippen molar-refractivity contribution >= 4 is 5.78 Å². The van der Waals surface area contributed by atoms with Crippen molar-refractivity contribution in [3.8, 4) is 0 Å². The van der Waals surface area contributed by atoms with Crippen molar-refractivity contribution in [2.45, 2.75) is 71.3 Å². The molecule has 0 aromatic rings. The molecule has 2 heteroatoms. The highest BCUT2D eigenvalue weighted by molar-refractivity contribution is 5.85. The number of carbonyl (C=O) groups excluding carboxylic acids is 1. The zero-order valence-corrected chi connectivity index (χ0v) is 15.0. The highest BCUT2D eigenvalue weighted by atomic mass is 16.5. The number of methoxy groups -OCH3 is 1. The van der Waals surface area contributed by atoms with Crippen LogP contribution in [0.3, 0.4) is 0 Å². The average molecular weight is 316 g/mol. The SMILES string of the molecule is CO[C@H]1CC[C@H]2[C@@H]3CC[C@H]4CC(=O)[C@@H]5C[C@@H]5[C@]4(C)[C@H]3CC[C@]12C. The smallest absolute Gasteiger partial charge is 0.136 e. The van der Waals surface area contributed by atoms with Crippen molar-refractivity contribution in [2.75, 3.05) is 7.11 Å². The Labute approximate surface area is 140 Å². The van der Waals surface area contributed by atoms with Gasteiger partial charge in [0.25, 0.3) is 0 Å². The first-order valence-corrected chi connectivity index (χ1v) is 10.1. The Morgan fingerprint density at radius 3 is 2.61 bits per heavy atom. The highest BCUT2D eigenvalue weighted by Gasteiger charge is 2.67. The lowest BCUT2D eigenvalue weighted by atomic mass is 9.45. The molecule has 2 nitrogen and oxygen atoms in total. The maximum atomic E-state index is 12.3. The van der Waals surface area contributed by atoms with E-state index in [0.717, 1.165) is 30.1 Å². The number of carbonyl (C=O) groups is 1. The van der Waals surface area contributed by atoms with Gasteiger partial charge < -0.3 is 4.74 Å². The molecule has 5 aliphatic carbocycles. The fourth-order valence-corrected chi connectivity index (χ4v) is 8.34. The molecule has 0 saturated heterocycles. The molecule has 9 atom stereocenters. The maximum absolute atomic E-state index is 12.3. The predicted octanol–water partition coefficient (Wildman–Crippen LogP) is 4.47. The normalized spacial score (nSPS) is 60.5. The molecule has 0 heterocycles. The standard InChI is InChI=1S/C21H32O2/c1-20-9-8-16-13(15(20)6-7-19(20)23-3)5-4-12-10-18(22)14-11-17(14)21(12,16)2/h12-17,19H,4-11H2,1-3H3/t12-,13-,14+,15-,16-,17-,19-,20-,21-/m0/s1. The first-order chi connectivity index (χ1) is 11.0. The van der Waals surface area contributed by atoms with Crippen LogP contribution >= 0.6 is 0 Å². The first kappa shape index (κ1) is 14.9. The summed E-state index contributed by atoms with van der Waals surface area (Å²) in [6.07, 6.45) is 10.7. The maximum Gasteiger partial charge on any atom is 0.136 e. The predicted molar refractivity (Wildman–Crippen MR) is 89.9 cm³/mol. The van der Waals surface area contributed by atoms with Crippen LogP contribution in [0.25, 0.3) is 0 Å². The van der Waals surface area contributed by atoms with E-state index in [9.17, 15) is 4.79 Å². The van der Waals surface area contributed by atoms with E-state index in [1.165, 1.54) is 44.9 Å². The topological polar surface area (TPSA) is 26.3 Å². The van der Waals surface area contributed by atoms with Crippen LogP contribution in [0.4, 0.5) is 0 Å². The van der Waals surface area contributed by atoms with Gasteiger partial charge in [0.1, 0.15) is 5.78 Å². The third-order valence-electron chi connectivity index (χ3n) is 9.61. The second kappa shape index (κ2) is 4.62. The molecular formula is C21H32O2. The van der Waals surface area contributed by atoms with Crippen LogP contribution in [-0.2, 0) is 9.53 Å². The summed E-state index contributed by atoms with van der Waals surface area (Å²) >= 11 is 0. The second-order valence-electron chi connectivity index (χ2n) is 9.98. The van der Waals surface area contributed by atoms with E-state index in [1.807, 2.05) is 7.11 Å². The van der Waals surface area contributed by atoms with Gasteiger partial charge in [-0.05, 0) is 85.4 Å². The van der Waals surface area contributed by atoms with Crippen molar-refractivity contribution in [3.05, 3.63) is 0 Å². The number of fused-ring (bicyclic) bond motifs is 7. The lowest BCUT2D eigenvalue weighted by Crippen LogP contribution is -2.55. The molecule has 0 unspecified atom stereocenters. The lowest BCUT2D eigenvalue weighted by Gasteiger charge is -2.60. The number of rotatable bonds is 1. The van der Waals surface area contributed by atoms with E-state index >= 15 is 0 Å². The van der Waals surface area contributed by atoms with Gasteiger partial charge in [0.15, 0.2) is 0 Å². The Balaban J connectivity index is 1.48. The van der Waals surface area contributed by atoms with Crippen molar-refractivity contribution in [1.29, 1.82) is 0 Å². The van der Waals surface area contributed by atoms with Crippen LogP contribution in [-0.4, -0.2) is 19.0 Å². The largest absolute Gasteiger partial charge is 0.381 e. The van der Waals surface area contributed by atoms with Gasteiger partial charge in [0.05, 0.1) is 6.10 Å². The van der Waals surface area contributed by atoms with Crippen LogP contribution in [0, 0.1) is 46.3 Å². The van der Waals surface area contributed by atoms with Gasteiger partial charge in [0, 0.05) is 19.4 Å². The number of Topliss-reactive ketones (excluding diaryl/α,β-unsaturated/α-hetero) is 1. The quantitative estimate of drug-likeness (QED) is 0.713. The van der Waals surface area contributed by atoms with Crippen molar-refractivity contribution in [2.24, 2.45) is 46.3 Å². The van der Waals surface area contributed by atoms with Gasteiger partial charge >= 0.3 is 0 Å². The van der Waals surface area contributed by atoms with Crippen LogP contribution < -0.4 is 0 Å². The third kappa shape index (κ3) is 1.72. The zero-order chi connectivity index (χ0) is 16.0. The summed E-state index contributed by atoms with van der Waals surface area (Å²) in [5.74, 6) is 5.17. The third-order valence-corrected chi connectivity index (χ3v) is 9.61. The lowest BCUT2D eigenvalue weighted by molar-refractivity contribution is -0.146. The van der Waals surface area contributed by atoms with E-state index in [4.69, 9.17) is 4.74 Å². The number of hydrogen-bond acceptors (Lipinski definition) is 2. The molecule has 0 bridgehead atoms. The summed E-state index contributed by atoms with van der Waals surface area (Å²) in [4.78, 5) is 12.3. The minimum atomic E-state index is 0.423. The van der Waals surface area contributed by atoms with Crippen molar-refractivity contribution in [1.82, 2.24) is 0 Å². The van der Waals surface area contributed by atoms with E-state index in [2.05, 4.69) is 13.8 Å². The first-order valence-electron chi connectivity index (χ1n) is 10.1. The monoisotopic (exact) mass is 316 g/mol. The van der Waals surface area contributed by atoms with Gasteiger partial charge in [-0.25, -0.2) is 0 Å². The molecule has 0 N–H and O–H groups in total. The number of ether oxygens (including phenoxy) is 1. The number of hydrogen-bond donors (Lipinski definition) is 0. The molecule has 5 aliphatic rings. The van der Waals surface area contributed by atoms with Crippen molar-refractivity contribution in [3.63, 3.8) is 0 Å². The van der Waals surface area contributed by atoms with Crippen LogP contribution in [0.5, 0.6) is 0 Å². The summed E-state index contributed by atoms with van der Waals surface area (Å²) in [7, 11) is 1.92. The molecule has 0 spiro atoms.